The molecule has 0 saturated carbocycles. The predicted molar refractivity (Wildman–Crippen MR) is 59.5 cm³/mol. The summed E-state index contributed by atoms with van der Waals surface area (Å²) in [7, 11) is 0. The number of hydrogen-bond acceptors (Lipinski definition) is 3. The highest BCUT2D eigenvalue weighted by Gasteiger charge is 2.19. The molecule has 2 rings (SSSR count). The average molecular weight is 234 g/mol. The number of nitrogens with zero attached hydrogens (tertiary/aromatic N) is 2. The van der Waals surface area contributed by atoms with E-state index in [4.69, 9.17) is 4.74 Å². The summed E-state index contributed by atoms with van der Waals surface area (Å²) in [6, 6.07) is 8.74. The van der Waals surface area contributed by atoms with Crippen molar-refractivity contribution in [2.75, 3.05) is 6.61 Å². The fraction of sp³-hybridized carbons (Fsp3) is 0.167. The highest BCUT2D eigenvalue weighted by Crippen LogP contribution is 2.13. The zero-order valence-electron chi connectivity index (χ0n) is 9.26. The second-order valence-corrected chi connectivity index (χ2v) is 3.32. The summed E-state index contributed by atoms with van der Waals surface area (Å²) in [4.78, 5) is 11.4. The number of benzene rings is 1. The van der Waals surface area contributed by atoms with Crippen LogP contribution in [0.5, 0.6) is 0 Å². The Labute approximate surface area is 97.6 Å². The van der Waals surface area contributed by atoms with Crippen LogP contribution in [0.15, 0.2) is 36.5 Å². The van der Waals surface area contributed by atoms with Gasteiger partial charge in [0.25, 0.3) is 0 Å². The van der Waals surface area contributed by atoms with Crippen LogP contribution >= 0.6 is 0 Å². The van der Waals surface area contributed by atoms with Gasteiger partial charge in [-0.3, -0.25) is 0 Å². The average Bonchev–Trinajstić information content (AvgIpc) is 2.72. The van der Waals surface area contributed by atoms with Crippen molar-refractivity contribution in [2.45, 2.75) is 6.92 Å². The molecule has 0 radical (unpaired) electrons. The third kappa shape index (κ3) is 2.18. The SMILES string of the molecule is CCOC(=O)c1cnn(-c2ccccc2)c1F. The number of carbonyl (C=O) groups is 1. The van der Waals surface area contributed by atoms with E-state index in [2.05, 4.69) is 5.10 Å². The van der Waals surface area contributed by atoms with Gasteiger partial charge in [0, 0.05) is 0 Å². The van der Waals surface area contributed by atoms with Crippen LogP contribution < -0.4 is 0 Å². The summed E-state index contributed by atoms with van der Waals surface area (Å²) in [5.74, 6) is -1.41. The maximum Gasteiger partial charge on any atom is 0.344 e. The van der Waals surface area contributed by atoms with E-state index in [0.717, 1.165) is 4.68 Å². The Morgan fingerprint density at radius 2 is 2.12 bits per heavy atom. The third-order valence-corrected chi connectivity index (χ3v) is 2.21. The van der Waals surface area contributed by atoms with Crippen molar-refractivity contribution >= 4 is 5.97 Å². The fourth-order valence-corrected chi connectivity index (χ4v) is 1.43. The van der Waals surface area contributed by atoms with E-state index in [0.29, 0.717) is 5.69 Å². The minimum absolute atomic E-state index is 0.157. The minimum atomic E-state index is -0.713. The van der Waals surface area contributed by atoms with Crippen LogP contribution in [0.1, 0.15) is 17.3 Å². The zero-order valence-corrected chi connectivity index (χ0v) is 9.26. The van der Waals surface area contributed by atoms with Crippen molar-refractivity contribution < 1.29 is 13.9 Å². The summed E-state index contributed by atoms with van der Waals surface area (Å²) in [5.41, 5.74) is 0.399. The molecule has 0 aliphatic carbocycles. The largest absolute Gasteiger partial charge is 0.462 e. The van der Waals surface area contributed by atoms with Gasteiger partial charge in [0.15, 0.2) is 0 Å². The van der Waals surface area contributed by atoms with E-state index in [1.165, 1.54) is 6.20 Å². The molecular formula is C12H11FN2O2. The van der Waals surface area contributed by atoms with Crippen LogP contribution in [-0.4, -0.2) is 22.4 Å². The lowest BCUT2D eigenvalue weighted by atomic mass is 10.3. The van der Waals surface area contributed by atoms with Gasteiger partial charge >= 0.3 is 5.97 Å². The van der Waals surface area contributed by atoms with Crippen molar-refractivity contribution in [3.05, 3.63) is 48.0 Å². The van der Waals surface area contributed by atoms with E-state index in [-0.39, 0.29) is 12.2 Å². The highest BCUT2D eigenvalue weighted by molar-refractivity contribution is 5.89. The van der Waals surface area contributed by atoms with Gasteiger partial charge < -0.3 is 4.74 Å². The molecule has 0 spiro atoms. The Morgan fingerprint density at radius 3 is 2.76 bits per heavy atom. The second-order valence-electron chi connectivity index (χ2n) is 3.32. The summed E-state index contributed by atoms with van der Waals surface area (Å²) < 4.78 is 19.7. The van der Waals surface area contributed by atoms with Gasteiger partial charge in [-0.2, -0.15) is 9.49 Å². The summed E-state index contributed by atoms with van der Waals surface area (Å²) >= 11 is 0. The van der Waals surface area contributed by atoms with Gasteiger partial charge in [0.05, 0.1) is 18.5 Å². The first kappa shape index (κ1) is 11.3. The van der Waals surface area contributed by atoms with Crippen LogP contribution in [0.3, 0.4) is 0 Å². The zero-order chi connectivity index (χ0) is 12.3. The Hall–Kier alpha value is -2.17. The normalized spacial score (nSPS) is 10.2. The van der Waals surface area contributed by atoms with Crippen LogP contribution in [0, 0.1) is 5.95 Å². The first-order valence-electron chi connectivity index (χ1n) is 5.20. The molecule has 17 heavy (non-hydrogen) atoms. The maximum atomic E-state index is 13.9. The van der Waals surface area contributed by atoms with Gasteiger partial charge in [0.1, 0.15) is 5.56 Å². The molecule has 1 aromatic heterocycles. The molecule has 1 heterocycles. The fourth-order valence-electron chi connectivity index (χ4n) is 1.43. The Bertz CT molecular complexity index is 523. The van der Waals surface area contributed by atoms with Crippen molar-refractivity contribution in [3.8, 4) is 5.69 Å². The number of carbonyl (C=O) groups excluding carboxylic acids is 1. The summed E-state index contributed by atoms with van der Waals surface area (Å²) in [5, 5.41) is 3.83. The van der Waals surface area contributed by atoms with E-state index < -0.39 is 11.9 Å². The highest BCUT2D eigenvalue weighted by atomic mass is 19.1. The topological polar surface area (TPSA) is 44.1 Å². The first-order chi connectivity index (χ1) is 8.24. The number of ether oxygens (including phenoxy) is 1. The van der Waals surface area contributed by atoms with Crippen molar-refractivity contribution in [1.29, 1.82) is 0 Å². The van der Waals surface area contributed by atoms with Crippen molar-refractivity contribution in [3.63, 3.8) is 0 Å². The van der Waals surface area contributed by atoms with Gasteiger partial charge in [-0.15, -0.1) is 0 Å². The van der Waals surface area contributed by atoms with Crippen LogP contribution in [0.2, 0.25) is 0 Å². The minimum Gasteiger partial charge on any atom is -0.462 e. The number of para-hydroxylation sites is 1. The monoisotopic (exact) mass is 234 g/mol. The van der Waals surface area contributed by atoms with Crippen molar-refractivity contribution in [1.82, 2.24) is 9.78 Å². The number of aromatic nitrogens is 2. The lowest BCUT2D eigenvalue weighted by molar-refractivity contribution is 0.0520. The molecule has 2 aromatic rings. The molecular weight excluding hydrogens is 223 g/mol. The van der Waals surface area contributed by atoms with E-state index in [1.54, 1.807) is 31.2 Å². The first-order valence-corrected chi connectivity index (χ1v) is 5.20. The molecule has 0 atom stereocenters. The number of esters is 1. The molecule has 4 nitrogen and oxygen atoms in total. The Balaban J connectivity index is 2.37. The molecule has 0 aliphatic heterocycles. The molecule has 5 heteroatoms. The van der Waals surface area contributed by atoms with E-state index in [9.17, 15) is 9.18 Å². The molecule has 0 bridgehead atoms. The lowest BCUT2D eigenvalue weighted by Gasteiger charge is -2.02. The number of rotatable bonds is 3. The van der Waals surface area contributed by atoms with Gasteiger partial charge in [-0.05, 0) is 19.1 Å². The smallest absolute Gasteiger partial charge is 0.344 e. The Morgan fingerprint density at radius 1 is 1.41 bits per heavy atom. The summed E-state index contributed by atoms with van der Waals surface area (Å²) in [6.45, 7) is 1.87. The van der Waals surface area contributed by atoms with Crippen LogP contribution in [-0.2, 0) is 4.74 Å². The van der Waals surface area contributed by atoms with Crippen molar-refractivity contribution in [2.24, 2.45) is 0 Å². The van der Waals surface area contributed by atoms with E-state index >= 15 is 0 Å². The number of hydrogen-bond donors (Lipinski definition) is 0. The van der Waals surface area contributed by atoms with Crippen LogP contribution in [0.4, 0.5) is 4.39 Å². The molecule has 0 fully saturated rings. The maximum absolute atomic E-state index is 13.9. The van der Waals surface area contributed by atoms with Gasteiger partial charge in [0.2, 0.25) is 5.95 Å². The third-order valence-electron chi connectivity index (χ3n) is 2.21. The quantitative estimate of drug-likeness (QED) is 0.764. The Kier molecular flexibility index (Phi) is 3.18. The second kappa shape index (κ2) is 4.78. The molecule has 88 valence electrons. The predicted octanol–water partition coefficient (Wildman–Crippen LogP) is 2.19. The van der Waals surface area contributed by atoms with E-state index in [1.807, 2.05) is 6.07 Å². The molecule has 0 unspecified atom stereocenters. The van der Waals surface area contributed by atoms with Gasteiger partial charge in [-0.25, -0.2) is 9.48 Å². The molecule has 0 aliphatic rings. The molecule has 0 amide bonds. The summed E-state index contributed by atoms with van der Waals surface area (Å²) in [6.07, 6.45) is 1.17. The number of halogens is 1. The standard InChI is InChI=1S/C12H11FN2O2/c1-2-17-12(16)10-8-14-15(11(10)13)9-6-4-3-5-7-9/h3-8H,2H2,1H3. The molecule has 0 saturated heterocycles. The lowest BCUT2D eigenvalue weighted by Crippen LogP contribution is -2.07. The molecule has 1 aromatic carbocycles. The van der Waals surface area contributed by atoms with Crippen LogP contribution in [0.25, 0.3) is 5.69 Å². The van der Waals surface area contributed by atoms with Gasteiger partial charge in [-0.1, -0.05) is 18.2 Å². The molecule has 0 N–H and O–H groups in total.